The van der Waals surface area contributed by atoms with Crippen LogP contribution in [0.3, 0.4) is 0 Å². The smallest absolute Gasteiger partial charge is 0.410 e. The van der Waals surface area contributed by atoms with Gasteiger partial charge in [0.15, 0.2) is 0 Å². The summed E-state index contributed by atoms with van der Waals surface area (Å²) in [5.74, 6) is 5.35. The predicted molar refractivity (Wildman–Crippen MR) is 189 cm³/mol. The predicted octanol–water partition coefficient (Wildman–Crippen LogP) is 6.28. The lowest BCUT2D eigenvalue weighted by atomic mass is 10.1. The maximum atomic E-state index is 12.9. The number of amides is 4. The Bertz CT molecular complexity index is 1720. The molecular weight excluding hydrogens is 632 g/mol. The number of benzene rings is 4. The molecule has 2 N–H and O–H groups in total. The minimum atomic E-state index is -0.414. The Balaban J connectivity index is 0.918. The Labute approximate surface area is 291 Å². The van der Waals surface area contributed by atoms with Gasteiger partial charge in [0.1, 0.15) is 13.2 Å². The first kappa shape index (κ1) is 33.8. The van der Waals surface area contributed by atoms with E-state index < -0.39 is 12.2 Å². The number of likely N-dealkylation sites (tertiary alicyclic amines) is 2. The van der Waals surface area contributed by atoms with Crippen LogP contribution in [0.2, 0.25) is 0 Å². The molecule has 0 aromatic heterocycles. The van der Waals surface area contributed by atoms with Crippen molar-refractivity contribution in [2.45, 2.75) is 26.1 Å². The number of carbonyl (C=O) groups is 4. The van der Waals surface area contributed by atoms with Crippen molar-refractivity contribution in [2.24, 2.45) is 11.8 Å². The van der Waals surface area contributed by atoms with Crippen molar-refractivity contribution in [1.82, 2.24) is 9.80 Å². The Hall–Kier alpha value is -6.08. The Morgan fingerprint density at radius 2 is 0.940 bits per heavy atom. The van der Waals surface area contributed by atoms with Gasteiger partial charge in [-0.2, -0.15) is 0 Å². The van der Waals surface area contributed by atoms with Crippen molar-refractivity contribution in [3.63, 3.8) is 0 Å². The summed E-state index contributed by atoms with van der Waals surface area (Å²) in [7, 11) is 0. The molecule has 2 aliphatic rings. The van der Waals surface area contributed by atoms with Crippen molar-refractivity contribution in [1.29, 1.82) is 0 Å². The summed E-state index contributed by atoms with van der Waals surface area (Å²) >= 11 is 0. The molecule has 4 aromatic rings. The van der Waals surface area contributed by atoms with Gasteiger partial charge >= 0.3 is 12.2 Å². The normalized spacial score (nSPS) is 16.6. The van der Waals surface area contributed by atoms with Gasteiger partial charge in [0.25, 0.3) is 0 Å². The molecule has 10 heteroatoms. The lowest BCUT2D eigenvalue weighted by molar-refractivity contribution is -0.120. The first-order valence-corrected chi connectivity index (χ1v) is 16.6. The number of carbonyl (C=O) groups excluding carboxylic acids is 4. The molecule has 2 heterocycles. The van der Waals surface area contributed by atoms with Crippen LogP contribution in [0, 0.1) is 23.7 Å². The highest BCUT2D eigenvalue weighted by Gasteiger charge is 2.33. The summed E-state index contributed by atoms with van der Waals surface area (Å²) in [5, 5.41) is 5.88. The number of ether oxygens (including phenoxy) is 2. The number of hydrogen-bond acceptors (Lipinski definition) is 6. The SMILES string of the molecule is O=C(Nc1ccc(C#Cc2ccc(NC(=O)C3CCN(C(=O)OCc4ccccc4)C3)cc2)cc1)C1CCN(C(=O)OCc2ccccc2)C1. The first-order chi connectivity index (χ1) is 24.4. The molecule has 0 bridgehead atoms. The lowest BCUT2D eigenvalue weighted by Gasteiger charge is -2.16. The van der Waals surface area contributed by atoms with Crippen molar-refractivity contribution in [3.05, 3.63) is 131 Å². The molecule has 10 nitrogen and oxygen atoms in total. The first-order valence-electron chi connectivity index (χ1n) is 16.6. The van der Waals surface area contributed by atoms with Crippen molar-refractivity contribution >= 4 is 35.4 Å². The van der Waals surface area contributed by atoms with Crippen LogP contribution in [0.4, 0.5) is 21.0 Å². The van der Waals surface area contributed by atoms with E-state index in [1.54, 1.807) is 34.1 Å². The molecule has 4 aromatic carbocycles. The summed E-state index contributed by atoms with van der Waals surface area (Å²) in [5.41, 5.74) is 4.69. The fourth-order valence-electron chi connectivity index (χ4n) is 5.81. The van der Waals surface area contributed by atoms with E-state index >= 15 is 0 Å². The highest BCUT2D eigenvalue weighted by atomic mass is 16.6. The van der Waals surface area contributed by atoms with E-state index in [9.17, 15) is 19.2 Å². The molecule has 50 heavy (non-hydrogen) atoms. The zero-order chi connectivity index (χ0) is 34.7. The second-order valence-corrected chi connectivity index (χ2v) is 12.3. The number of hydrogen-bond donors (Lipinski definition) is 2. The fraction of sp³-hybridized carbons (Fsp3) is 0.250. The molecule has 0 spiro atoms. The van der Waals surface area contributed by atoms with Crippen LogP contribution in [0.15, 0.2) is 109 Å². The average molecular weight is 671 g/mol. The van der Waals surface area contributed by atoms with Crippen LogP contribution in [-0.2, 0) is 32.3 Å². The van der Waals surface area contributed by atoms with Crippen LogP contribution in [0.25, 0.3) is 0 Å². The summed E-state index contributed by atoms with van der Waals surface area (Å²) in [6.07, 6.45) is 0.317. The molecule has 4 amide bonds. The van der Waals surface area contributed by atoms with Gasteiger partial charge in [-0.05, 0) is 72.5 Å². The van der Waals surface area contributed by atoms with E-state index in [0.717, 1.165) is 22.3 Å². The van der Waals surface area contributed by atoms with Crippen LogP contribution >= 0.6 is 0 Å². The van der Waals surface area contributed by atoms with E-state index in [4.69, 9.17) is 9.47 Å². The van der Waals surface area contributed by atoms with E-state index in [1.165, 1.54) is 0 Å². The van der Waals surface area contributed by atoms with Crippen LogP contribution in [0.5, 0.6) is 0 Å². The Kier molecular flexibility index (Phi) is 11.1. The summed E-state index contributed by atoms with van der Waals surface area (Å²) in [4.78, 5) is 53.8. The molecule has 0 aliphatic carbocycles. The van der Waals surface area contributed by atoms with Gasteiger partial charge in [0, 0.05) is 48.7 Å². The average Bonchev–Trinajstić information content (AvgIpc) is 3.86. The van der Waals surface area contributed by atoms with Crippen molar-refractivity contribution in [2.75, 3.05) is 36.8 Å². The summed E-state index contributed by atoms with van der Waals surface area (Å²) in [6.45, 7) is 1.97. The standard InChI is InChI=1S/C40H38N4O6/c45-37(33-21-23-43(25-33)39(47)49-27-31-7-3-1-4-8-31)41-35-17-13-29(14-18-35)11-12-30-15-19-36(20-16-30)42-38(46)34-22-24-44(26-34)40(48)50-28-32-9-5-2-6-10-32/h1-10,13-20,33-34H,21-28H2,(H,41,45)(H,42,46). The third-order valence-electron chi connectivity index (χ3n) is 8.70. The highest BCUT2D eigenvalue weighted by Crippen LogP contribution is 2.22. The molecular formula is C40H38N4O6. The van der Waals surface area contributed by atoms with E-state index in [0.29, 0.717) is 50.4 Å². The molecule has 0 radical (unpaired) electrons. The van der Waals surface area contributed by atoms with Gasteiger partial charge in [0.2, 0.25) is 11.8 Å². The van der Waals surface area contributed by atoms with Gasteiger partial charge < -0.3 is 29.9 Å². The van der Waals surface area contributed by atoms with Gasteiger partial charge in [-0.3, -0.25) is 9.59 Å². The largest absolute Gasteiger partial charge is 0.445 e. The van der Waals surface area contributed by atoms with E-state index in [-0.39, 0.29) is 36.9 Å². The van der Waals surface area contributed by atoms with Gasteiger partial charge in [0.05, 0.1) is 11.8 Å². The molecule has 0 saturated carbocycles. The van der Waals surface area contributed by atoms with E-state index in [1.807, 2.05) is 84.9 Å². The van der Waals surface area contributed by atoms with Crippen LogP contribution < -0.4 is 10.6 Å². The summed E-state index contributed by atoms with van der Waals surface area (Å²) < 4.78 is 10.8. The number of nitrogens with zero attached hydrogens (tertiary/aromatic N) is 2. The topological polar surface area (TPSA) is 117 Å². The number of rotatable bonds is 8. The summed E-state index contributed by atoms with van der Waals surface area (Å²) in [6, 6.07) is 33.5. The zero-order valence-corrected chi connectivity index (χ0v) is 27.5. The highest BCUT2D eigenvalue weighted by molar-refractivity contribution is 5.94. The molecule has 254 valence electrons. The van der Waals surface area contributed by atoms with Crippen molar-refractivity contribution in [3.8, 4) is 11.8 Å². The van der Waals surface area contributed by atoms with Crippen LogP contribution in [-0.4, -0.2) is 60.0 Å². The number of anilines is 2. The van der Waals surface area contributed by atoms with Crippen LogP contribution in [0.1, 0.15) is 35.1 Å². The Morgan fingerprint density at radius 1 is 0.560 bits per heavy atom. The maximum absolute atomic E-state index is 12.9. The fourth-order valence-corrected chi connectivity index (χ4v) is 5.81. The van der Waals surface area contributed by atoms with Gasteiger partial charge in [-0.15, -0.1) is 0 Å². The molecule has 2 aliphatic heterocycles. The van der Waals surface area contributed by atoms with E-state index in [2.05, 4.69) is 22.5 Å². The molecule has 6 rings (SSSR count). The van der Waals surface area contributed by atoms with Crippen molar-refractivity contribution < 1.29 is 28.7 Å². The Morgan fingerprint density at radius 3 is 1.32 bits per heavy atom. The zero-order valence-electron chi connectivity index (χ0n) is 27.5. The minimum absolute atomic E-state index is 0.138. The third-order valence-corrected chi connectivity index (χ3v) is 8.70. The minimum Gasteiger partial charge on any atom is -0.445 e. The van der Waals surface area contributed by atoms with Gasteiger partial charge in [-0.25, -0.2) is 9.59 Å². The second-order valence-electron chi connectivity index (χ2n) is 12.3. The molecule has 2 atom stereocenters. The third kappa shape index (κ3) is 9.29. The molecule has 2 unspecified atom stereocenters. The van der Waals surface area contributed by atoms with Gasteiger partial charge in [-0.1, -0.05) is 72.5 Å². The monoisotopic (exact) mass is 670 g/mol. The number of nitrogens with one attached hydrogen (secondary N) is 2. The molecule has 2 saturated heterocycles. The second kappa shape index (κ2) is 16.3. The molecule has 2 fully saturated rings. The quantitative estimate of drug-likeness (QED) is 0.213. The maximum Gasteiger partial charge on any atom is 0.410 e. The lowest BCUT2D eigenvalue weighted by Crippen LogP contribution is -2.31.